The fourth-order valence-corrected chi connectivity index (χ4v) is 1.94. The van der Waals surface area contributed by atoms with Gasteiger partial charge in [0.1, 0.15) is 6.54 Å². The molecule has 0 aliphatic rings. The topological polar surface area (TPSA) is 44.0 Å². The van der Waals surface area contributed by atoms with Gasteiger partial charge in [-0.3, -0.25) is 0 Å². The number of hydrogen-bond donors (Lipinski definition) is 0. The number of aryl methyl sites for hydroxylation is 2. The van der Waals surface area contributed by atoms with Gasteiger partial charge in [0.25, 0.3) is 0 Å². The lowest BCUT2D eigenvalue weighted by molar-refractivity contribution is -0.704. The van der Waals surface area contributed by atoms with Crippen LogP contribution in [0.1, 0.15) is 58.6 Å². The number of carbonyl (C=O) groups is 1. The van der Waals surface area contributed by atoms with Crippen LogP contribution in [0, 0.1) is 0 Å². The first-order chi connectivity index (χ1) is 9.11. The van der Waals surface area contributed by atoms with E-state index in [1.165, 1.54) is 44.3 Å². The van der Waals surface area contributed by atoms with Gasteiger partial charge in [-0.25, -0.2) is 4.57 Å². The van der Waals surface area contributed by atoms with Crippen LogP contribution in [-0.4, -0.2) is 5.97 Å². The second-order valence-corrected chi connectivity index (χ2v) is 4.64. The van der Waals surface area contributed by atoms with Crippen LogP contribution in [0.15, 0.2) is 24.4 Å². The summed E-state index contributed by atoms with van der Waals surface area (Å²) in [7, 11) is 0. The third kappa shape index (κ3) is 10.2. The monoisotopic (exact) mass is 265 g/mol. The largest absolute Gasteiger partial charge is 0.550 e. The van der Waals surface area contributed by atoms with Crippen LogP contribution in [0.2, 0.25) is 0 Å². The summed E-state index contributed by atoms with van der Waals surface area (Å²) in [6.45, 7) is 6.65. The zero-order valence-corrected chi connectivity index (χ0v) is 12.5. The van der Waals surface area contributed by atoms with Gasteiger partial charge in [0, 0.05) is 30.9 Å². The number of aromatic nitrogens is 1. The molecule has 0 fully saturated rings. The van der Waals surface area contributed by atoms with Crippen molar-refractivity contribution in [2.45, 2.75) is 65.8 Å². The molecule has 0 bridgehead atoms. The molecule has 0 N–H and O–H groups in total. The number of aliphatic carboxylic acids is 1. The van der Waals surface area contributed by atoms with E-state index in [-0.39, 0.29) is 0 Å². The molecule has 3 nitrogen and oxygen atoms in total. The Labute approximate surface area is 117 Å². The molecule has 0 saturated heterocycles. The van der Waals surface area contributed by atoms with Gasteiger partial charge in [-0.05, 0) is 13.3 Å². The fraction of sp³-hybridized carbons (Fsp3) is 0.625. The summed E-state index contributed by atoms with van der Waals surface area (Å²) in [4.78, 5) is 8.89. The Morgan fingerprint density at radius 3 is 2.37 bits per heavy atom. The Hall–Kier alpha value is -1.38. The molecule has 1 heterocycles. The molecule has 1 aromatic rings. The highest BCUT2D eigenvalue weighted by Crippen LogP contribution is 2.02. The predicted molar refractivity (Wildman–Crippen MR) is 75.5 cm³/mol. The van der Waals surface area contributed by atoms with Crippen LogP contribution in [0.5, 0.6) is 0 Å². The number of carboxylic acid groups (broad SMARTS) is 1. The maximum atomic E-state index is 8.89. The quantitative estimate of drug-likeness (QED) is 0.560. The molecule has 3 heteroatoms. The zero-order chi connectivity index (χ0) is 14.5. The second-order valence-electron chi connectivity index (χ2n) is 4.64. The van der Waals surface area contributed by atoms with Gasteiger partial charge in [-0.2, -0.15) is 0 Å². The molecule has 0 aliphatic carbocycles. The molecule has 0 aliphatic heterocycles. The van der Waals surface area contributed by atoms with Crippen molar-refractivity contribution >= 4 is 5.97 Å². The molecular formula is C16H27NO2. The predicted octanol–water partition coefficient (Wildman–Crippen LogP) is 2.26. The van der Waals surface area contributed by atoms with Crippen LogP contribution < -0.4 is 9.67 Å². The molecular weight excluding hydrogens is 238 g/mol. The lowest BCUT2D eigenvalue weighted by atomic mass is 10.1. The van der Waals surface area contributed by atoms with Gasteiger partial charge in [-0.1, -0.05) is 39.2 Å². The van der Waals surface area contributed by atoms with Gasteiger partial charge in [-0.15, -0.1) is 0 Å². The summed E-state index contributed by atoms with van der Waals surface area (Å²) in [6.07, 6.45) is 10.2. The van der Waals surface area contributed by atoms with Crippen LogP contribution in [0.4, 0.5) is 0 Å². The van der Waals surface area contributed by atoms with E-state index < -0.39 is 5.97 Å². The van der Waals surface area contributed by atoms with E-state index in [1.807, 2.05) is 0 Å². The van der Waals surface area contributed by atoms with Crippen molar-refractivity contribution in [1.82, 2.24) is 0 Å². The average Bonchev–Trinajstić information content (AvgIpc) is 2.38. The van der Waals surface area contributed by atoms with Gasteiger partial charge in [0.05, 0.1) is 0 Å². The molecule has 0 radical (unpaired) electrons. The van der Waals surface area contributed by atoms with E-state index in [4.69, 9.17) is 9.90 Å². The number of carbonyl (C=O) groups excluding carboxylic acids is 1. The second kappa shape index (κ2) is 11.7. The lowest BCUT2D eigenvalue weighted by Gasteiger charge is -2.01. The molecule has 0 spiro atoms. The standard InChI is InChI=1S/C14H24N.C2H4O2/c1-3-5-6-7-9-12-15-13-10-8-11-14(15)4-2;1-2(3)4/h8,10-11,13H,3-7,9,12H2,1-2H3;1H3,(H,3,4)/q+1;/p-1. The third-order valence-electron chi connectivity index (χ3n) is 2.90. The molecule has 0 aromatic carbocycles. The summed E-state index contributed by atoms with van der Waals surface area (Å²) in [5, 5.41) is 8.89. The van der Waals surface area contributed by atoms with Crippen LogP contribution in [0.3, 0.4) is 0 Å². The van der Waals surface area contributed by atoms with Crippen LogP contribution >= 0.6 is 0 Å². The Bertz CT molecular complexity index is 346. The van der Waals surface area contributed by atoms with Gasteiger partial charge in [0.15, 0.2) is 11.9 Å². The van der Waals surface area contributed by atoms with E-state index in [0.717, 1.165) is 13.3 Å². The van der Waals surface area contributed by atoms with Crippen molar-refractivity contribution < 1.29 is 14.5 Å². The summed E-state index contributed by atoms with van der Waals surface area (Å²) in [5.41, 5.74) is 1.45. The molecule has 1 rings (SSSR count). The van der Waals surface area contributed by atoms with Crippen molar-refractivity contribution in [3.05, 3.63) is 30.1 Å². The van der Waals surface area contributed by atoms with E-state index in [1.54, 1.807) is 0 Å². The summed E-state index contributed by atoms with van der Waals surface area (Å²) < 4.78 is 2.39. The van der Waals surface area contributed by atoms with Crippen molar-refractivity contribution in [2.24, 2.45) is 0 Å². The number of carboxylic acids is 1. The number of rotatable bonds is 7. The highest BCUT2D eigenvalue weighted by molar-refractivity contribution is 5.60. The van der Waals surface area contributed by atoms with Gasteiger partial charge >= 0.3 is 0 Å². The first-order valence-electron chi connectivity index (χ1n) is 7.26. The summed E-state index contributed by atoms with van der Waals surface area (Å²) >= 11 is 0. The first kappa shape index (κ1) is 17.6. The van der Waals surface area contributed by atoms with Crippen molar-refractivity contribution in [3.8, 4) is 0 Å². The Kier molecular flexibility index (Phi) is 10.8. The van der Waals surface area contributed by atoms with E-state index >= 15 is 0 Å². The number of nitrogens with zero attached hydrogens (tertiary/aromatic N) is 1. The van der Waals surface area contributed by atoms with Gasteiger partial charge in [0.2, 0.25) is 0 Å². The molecule has 108 valence electrons. The smallest absolute Gasteiger partial charge is 0.181 e. The maximum absolute atomic E-state index is 8.89. The normalized spacial score (nSPS) is 9.63. The average molecular weight is 265 g/mol. The molecule has 0 unspecified atom stereocenters. The Morgan fingerprint density at radius 1 is 1.16 bits per heavy atom. The van der Waals surface area contributed by atoms with Crippen molar-refractivity contribution in [2.75, 3.05) is 0 Å². The molecule has 1 aromatic heterocycles. The van der Waals surface area contributed by atoms with Crippen molar-refractivity contribution in [1.29, 1.82) is 0 Å². The fourth-order valence-electron chi connectivity index (χ4n) is 1.94. The number of unbranched alkanes of at least 4 members (excludes halogenated alkanes) is 4. The molecule has 0 atom stereocenters. The zero-order valence-electron chi connectivity index (χ0n) is 12.5. The van der Waals surface area contributed by atoms with E-state index in [0.29, 0.717) is 0 Å². The minimum atomic E-state index is -1.08. The van der Waals surface area contributed by atoms with Crippen molar-refractivity contribution in [3.63, 3.8) is 0 Å². The minimum Gasteiger partial charge on any atom is -0.550 e. The van der Waals surface area contributed by atoms with Crippen LogP contribution in [-0.2, 0) is 17.8 Å². The SMILES string of the molecule is CC(=O)[O-].CCCCCCC[n+]1ccccc1CC. The molecule has 0 amide bonds. The van der Waals surface area contributed by atoms with E-state index in [9.17, 15) is 0 Å². The number of hydrogen-bond acceptors (Lipinski definition) is 2. The Morgan fingerprint density at radius 2 is 1.79 bits per heavy atom. The summed E-state index contributed by atoms with van der Waals surface area (Å²) in [5.74, 6) is -1.08. The third-order valence-corrected chi connectivity index (χ3v) is 2.90. The maximum Gasteiger partial charge on any atom is 0.181 e. The number of pyridine rings is 1. The highest BCUT2D eigenvalue weighted by Gasteiger charge is 2.05. The Balaban J connectivity index is 0.000000711. The highest BCUT2D eigenvalue weighted by atomic mass is 16.4. The molecule has 0 saturated carbocycles. The van der Waals surface area contributed by atoms with Gasteiger partial charge < -0.3 is 9.90 Å². The first-order valence-corrected chi connectivity index (χ1v) is 7.26. The van der Waals surface area contributed by atoms with E-state index in [2.05, 4.69) is 42.8 Å². The molecule has 19 heavy (non-hydrogen) atoms. The minimum absolute atomic E-state index is 0.972. The van der Waals surface area contributed by atoms with Crippen LogP contribution in [0.25, 0.3) is 0 Å². The summed E-state index contributed by atoms with van der Waals surface area (Å²) in [6, 6.07) is 6.49. The lowest BCUT2D eigenvalue weighted by Crippen LogP contribution is -2.37.